The van der Waals surface area contributed by atoms with E-state index in [2.05, 4.69) is 6.58 Å². The third-order valence-corrected chi connectivity index (χ3v) is 0.810. The number of rotatable bonds is 3. The molecule has 0 fully saturated rings. The summed E-state index contributed by atoms with van der Waals surface area (Å²) in [5, 5.41) is 0. The molecular weight excluding hydrogens is 102 g/mol. The fourth-order valence-electron chi connectivity index (χ4n) is 0.296. The maximum absolute atomic E-state index is 5.03. The molecule has 0 aliphatic rings. The fourth-order valence-corrected chi connectivity index (χ4v) is 0.296. The molecule has 0 radical (unpaired) electrons. The lowest BCUT2D eigenvalue weighted by Gasteiger charge is -2.14. The summed E-state index contributed by atoms with van der Waals surface area (Å²) in [6.45, 7) is 6.28. The number of hydrogen-bond donors (Lipinski definition) is 0. The highest BCUT2D eigenvalue weighted by molar-refractivity contribution is 4.76. The Hall–Kier alpha value is -0.660. The standard InChI is InChI=1S/C6H13NO/c1-5-8-6(2)7(3)4/h2,5H2,1,3-4H3. The molecule has 2 heteroatoms. The molecule has 0 aliphatic carbocycles. The second-order valence-corrected chi connectivity index (χ2v) is 1.72. The lowest BCUT2D eigenvalue weighted by molar-refractivity contribution is 0.154. The zero-order chi connectivity index (χ0) is 6.57. The first-order valence-electron chi connectivity index (χ1n) is 2.67. The average molecular weight is 115 g/mol. The normalized spacial score (nSPS) is 8.38. The summed E-state index contributed by atoms with van der Waals surface area (Å²) in [5.41, 5.74) is 0. The first-order chi connectivity index (χ1) is 3.68. The lowest BCUT2D eigenvalue weighted by Crippen LogP contribution is -2.12. The first-order valence-corrected chi connectivity index (χ1v) is 2.67. The fraction of sp³-hybridized carbons (Fsp3) is 0.667. The van der Waals surface area contributed by atoms with Gasteiger partial charge in [-0.05, 0) is 13.5 Å². The van der Waals surface area contributed by atoms with E-state index in [1.165, 1.54) is 0 Å². The van der Waals surface area contributed by atoms with E-state index in [9.17, 15) is 0 Å². The van der Waals surface area contributed by atoms with Crippen LogP contribution in [0.15, 0.2) is 12.5 Å². The van der Waals surface area contributed by atoms with Crippen molar-refractivity contribution in [2.75, 3.05) is 20.7 Å². The van der Waals surface area contributed by atoms with E-state index in [1.54, 1.807) is 0 Å². The Labute approximate surface area is 50.7 Å². The second kappa shape index (κ2) is 3.36. The molecule has 0 aromatic heterocycles. The SMILES string of the molecule is C=C(OCC)N(C)C. The van der Waals surface area contributed by atoms with E-state index in [1.807, 2.05) is 25.9 Å². The molecule has 0 heterocycles. The molecule has 0 atom stereocenters. The van der Waals surface area contributed by atoms with E-state index in [0.717, 1.165) is 0 Å². The van der Waals surface area contributed by atoms with Crippen molar-refractivity contribution in [3.63, 3.8) is 0 Å². The second-order valence-electron chi connectivity index (χ2n) is 1.72. The molecule has 0 amide bonds. The molecule has 0 saturated carbocycles. The Morgan fingerprint density at radius 2 is 2.12 bits per heavy atom. The van der Waals surface area contributed by atoms with Crippen molar-refractivity contribution in [2.24, 2.45) is 0 Å². The van der Waals surface area contributed by atoms with Gasteiger partial charge in [-0.15, -0.1) is 0 Å². The summed E-state index contributed by atoms with van der Waals surface area (Å²) >= 11 is 0. The predicted molar refractivity (Wildman–Crippen MR) is 34.5 cm³/mol. The number of nitrogens with zero attached hydrogens (tertiary/aromatic N) is 1. The van der Waals surface area contributed by atoms with Crippen LogP contribution in [0, 0.1) is 0 Å². The molecule has 0 aromatic carbocycles. The third-order valence-electron chi connectivity index (χ3n) is 0.810. The van der Waals surface area contributed by atoms with Crippen molar-refractivity contribution < 1.29 is 4.74 Å². The topological polar surface area (TPSA) is 12.5 Å². The van der Waals surface area contributed by atoms with E-state index >= 15 is 0 Å². The van der Waals surface area contributed by atoms with E-state index < -0.39 is 0 Å². The van der Waals surface area contributed by atoms with Gasteiger partial charge in [-0.2, -0.15) is 0 Å². The van der Waals surface area contributed by atoms with Crippen LogP contribution in [0.25, 0.3) is 0 Å². The average Bonchev–Trinajstić information content (AvgIpc) is 1.67. The van der Waals surface area contributed by atoms with Gasteiger partial charge < -0.3 is 9.64 Å². The van der Waals surface area contributed by atoms with Gasteiger partial charge in [-0.25, -0.2) is 0 Å². The zero-order valence-electron chi connectivity index (χ0n) is 5.77. The zero-order valence-corrected chi connectivity index (χ0v) is 5.77. The van der Waals surface area contributed by atoms with Crippen LogP contribution >= 0.6 is 0 Å². The molecule has 0 rings (SSSR count). The summed E-state index contributed by atoms with van der Waals surface area (Å²) < 4.78 is 5.03. The van der Waals surface area contributed by atoms with Crippen molar-refractivity contribution in [1.29, 1.82) is 0 Å². The highest BCUT2D eigenvalue weighted by atomic mass is 16.5. The molecule has 0 saturated heterocycles. The van der Waals surface area contributed by atoms with Gasteiger partial charge in [-0.1, -0.05) is 0 Å². The van der Waals surface area contributed by atoms with Crippen LogP contribution in [-0.4, -0.2) is 25.6 Å². The molecule has 48 valence electrons. The molecule has 0 N–H and O–H groups in total. The molecular formula is C6H13NO. The maximum Gasteiger partial charge on any atom is 0.181 e. The lowest BCUT2D eigenvalue weighted by atomic mass is 10.7. The van der Waals surface area contributed by atoms with Crippen LogP contribution in [0.5, 0.6) is 0 Å². The minimum atomic E-state index is 0.691. The largest absolute Gasteiger partial charge is 0.480 e. The Kier molecular flexibility index (Phi) is 3.08. The Balaban J connectivity index is 3.33. The van der Waals surface area contributed by atoms with Gasteiger partial charge in [0.05, 0.1) is 6.61 Å². The molecule has 0 spiro atoms. The Morgan fingerprint density at radius 3 is 2.25 bits per heavy atom. The molecule has 2 nitrogen and oxygen atoms in total. The number of hydrogen-bond acceptors (Lipinski definition) is 2. The molecule has 8 heavy (non-hydrogen) atoms. The maximum atomic E-state index is 5.03. The van der Waals surface area contributed by atoms with Crippen molar-refractivity contribution >= 4 is 0 Å². The van der Waals surface area contributed by atoms with Gasteiger partial charge in [0.2, 0.25) is 0 Å². The van der Waals surface area contributed by atoms with Crippen molar-refractivity contribution in [2.45, 2.75) is 6.92 Å². The van der Waals surface area contributed by atoms with Gasteiger partial charge in [0, 0.05) is 14.1 Å². The van der Waals surface area contributed by atoms with Crippen molar-refractivity contribution in [3.05, 3.63) is 12.5 Å². The van der Waals surface area contributed by atoms with Crippen LogP contribution in [0.2, 0.25) is 0 Å². The van der Waals surface area contributed by atoms with Gasteiger partial charge in [0.1, 0.15) is 0 Å². The highest BCUT2D eigenvalue weighted by Gasteiger charge is 1.90. The van der Waals surface area contributed by atoms with Crippen LogP contribution in [-0.2, 0) is 4.74 Å². The smallest absolute Gasteiger partial charge is 0.181 e. The quantitative estimate of drug-likeness (QED) is 0.510. The van der Waals surface area contributed by atoms with Crippen LogP contribution in [0.1, 0.15) is 6.92 Å². The Morgan fingerprint density at radius 1 is 1.62 bits per heavy atom. The van der Waals surface area contributed by atoms with Gasteiger partial charge in [-0.3, -0.25) is 0 Å². The third kappa shape index (κ3) is 2.50. The van der Waals surface area contributed by atoms with E-state index in [0.29, 0.717) is 12.5 Å². The molecule has 0 aromatic rings. The van der Waals surface area contributed by atoms with Crippen LogP contribution in [0.3, 0.4) is 0 Å². The Bertz CT molecular complexity index is 78.6. The summed E-state index contributed by atoms with van der Waals surface area (Å²) in [5.74, 6) is 0.715. The molecule has 0 bridgehead atoms. The van der Waals surface area contributed by atoms with Gasteiger partial charge >= 0.3 is 0 Å². The predicted octanol–water partition coefficient (Wildman–Crippen LogP) is 1.06. The summed E-state index contributed by atoms with van der Waals surface area (Å²) in [6, 6.07) is 0. The van der Waals surface area contributed by atoms with E-state index in [4.69, 9.17) is 4.74 Å². The van der Waals surface area contributed by atoms with Gasteiger partial charge in [0.15, 0.2) is 5.88 Å². The summed E-state index contributed by atoms with van der Waals surface area (Å²) in [4.78, 5) is 1.84. The van der Waals surface area contributed by atoms with Crippen molar-refractivity contribution in [3.8, 4) is 0 Å². The van der Waals surface area contributed by atoms with Crippen molar-refractivity contribution in [1.82, 2.24) is 4.90 Å². The summed E-state index contributed by atoms with van der Waals surface area (Å²) in [6.07, 6.45) is 0. The molecule has 0 unspecified atom stereocenters. The number of ether oxygens (including phenoxy) is 1. The van der Waals surface area contributed by atoms with Crippen LogP contribution < -0.4 is 0 Å². The first kappa shape index (κ1) is 7.34. The monoisotopic (exact) mass is 115 g/mol. The highest BCUT2D eigenvalue weighted by Crippen LogP contribution is 1.93. The van der Waals surface area contributed by atoms with Crippen LogP contribution in [0.4, 0.5) is 0 Å². The van der Waals surface area contributed by atoms with Gasteiger partial charge in [0.25, 0.3) is 0 Å². The minimum Gasteiger partial charge on any atom is -0.480 e. The summed E-state index contributed by atoms with van der Waals surface area (Å²) in [7, 11) is 3.80. The molecule has 0 aliphatic heterocycles. The minimum absolute atomic E-state index is 0.691. The van der Waals surface area contributed by atoms with E-state index in [-0.39, 0.29) is 0 Å².